The molecule has 0 fully saturated rings. The summed E-state index contributed by atoms with van der Waals surface area (Å²) in [5.41, 5.74) is 0.863. The summed E-state index contributed by atoms with van der Waals surface area (Å²) in [6.07, 6.45) is 1.77. The molecule has 0 aliphatic rings. The summed E-state index contributed by atoms with van der Waals surface area (Å²) < 4.78 is 20.0. The Bertz CT molecular complexity index is 781. The summed E-state index contributed by atoms with van der Waals surface area (Å²) in [6.45, 7) is 9.98. The van der Waals surface area contributed by atoms with Crippen LogP contribution in [0.4, 0.5) is 20.6 Å². The highest BCUT2D eigenvalue weighted by atomic mass is 19.1. The molecule has 0 radical (unpaired) electrons. The van der Waals surface area contributed by atoms with Gasteiger partial charge in [0.1, 0.15) is 17.3 Å². The highest BCUT2D eigenvalue weighted by Crippen LogP contribution is 2.27. The van der Waals surface area contributed by atoms with Crippen LogP contribution in [0.1, 0.15) is 47.5 Å². The topological polar surface area (TPSA) is 62.4 Å². The molecule has 0 saturated carbocycles. The average Bonchev–Trinajstić information content (AvgIpc) is 2.62. The number of nitrogens with one attached hydrogen (secondary N) is 3. The lowest BCUT2D eigenvalue weighted by molar-refractivity contribution is 0.247. The zero-order valence-corrected chi connectivity index (χ0v) is 17.2. The highest BCUT2D eigenvalue weighted by molar-refractivity contribution is 5.89. The fraction of sp³-hybridized carbons (Fsp3) is 0.409. The van der Waals surface area contributed by atoms with Crippen LogP contribution < -0.4 is 20.7 Å². The molecule has 0 unspecified atom stereocenters. The summed E-state index contributed by atoms with van der Waals surface area (Å²) in [6, 6.07) is 11.6. The third kappa shape index (κ3) is 6.76. The lowest BCUT2D eigenvalue weighted by Crippen LogP contribution is -2.37. The number of urea groups is 1. The van der Waals surface area contributed by atoms with Gasteiger partial charge in [-0.05, 0) is 70.0 Å². The van der Waals surface area contributed by atoms with Crippen molar-refractivity contribution in [2.75, 3.05) is 10.6 Å². The van der Waals surface area contributed by atoms with Gasteiger partial charge in [-0.1, -0.05) is 13.8 Å². The molecule has 152 valence electrons. The van der Waals surface area contributed by atoms with Gasteiger partial charge < -0.3 is 20.7 Å². The normalized spacial score (nSPS) is 11.2. The molecule has 6 heteroatoms. The predicted octanol–water partition coefficient (Wildman–Crippen LogP) is 6.14. The van der Waals surface area contributed by atoms with Crippen molar-refractivity contribution < 1.29 is 13.9 Å². The van der Waals surface area contributed by atoms with Crippen molar-refractivity contribution >= 4 is 17.4 Å². The number of ether oxygens (including phenoxy) is 1. The standard InChI is InChI=1S/C22H30FN3O2/c1-6-15(7-2)24-21(27)25-16-8-10-17(11-9-16)28-18-12-13-20(19(23)14-18)26-22(3,4)5/h8-15,26H,6-7H2,1-5H3,(H2,24,25,27). The Kier molecular flexibility index (Phi) is 7.26. The summed E-state index contributed by atoms with van der Waals surface area (Å²) >= 11 is 0. The summed E-state index contributed by atoms with van der Waals surface area (Å²) in [5, 5.41) is 8.83. The number of anilines is 2. The van der Waals surface area contributed by atoms with Crippen molar-refractivity contribution in [3.63, 3.8) is 0 Å². The fourth-order valence-corrected chi connectivity index (χ4v) is 2.65. The van der Waals surface area contributed by atoms with Gasteiger partial charge in [0, 0.05) is 23.3 Å². The van der Waals surface area contributed by atoms with Crippen LogP contribution in [0.2, 0.25) is 0 Å². The Morgan fingerprint density at radius 3 is 2.18 bits per heavy atom. The zero-order valence-electron chi connectivity index (χ0n) is 17.2. The molecule has 0 aliphatic carbocycles. The van der Waals surface area contributed by atoms with Crippen LogP contribution >= 0.6 is 0 Å². The van der Waals surface area contributed by atoms with E-state index in [1.54, 1.807) is 36.4 Å². The van der Waals surface area contributed by atoms with Crippen LogP contribution in [0.15, 0.2) is 42.5 Å². The minimum atomic E-state index is -0.371. The molecule has 2 amide bonds. The number of hydrogen-bond donors (Lipinski definition) is 3. The Morgan fingerprint density at radius 1 is 1.04 bits per heavy atom. The van der Waals surface area contributed by atoms with Crippen LogP contribution in [0.25, 0.3) is 0 Å². The summed E-state index contributed by atoms with van der Waals surface area (Å²) in [4.78, 5) is 12.0. The molecule has 2 aromatic rings. The highest BCUT2D eigenvalue weighted by Gasteiger charge is 2.13. The van der Waals surface area contributed by atoms with Crippen molar-refractivity contribution in [1.82, 2.24) is 5.32 Å². The van der Waals surface area contributed by atoms with Gasteiger partial charge >= 0.3 is 6.03 Å². The van der Waals surface area contributed by atoms with Gasteiger partial charge in [0.05, 0.1) is 5.69 Å². The SMILES string of the molecule is CCC(CC)NC(=O)Nc1ccc(Oc2ccc(NC(C)(C)C)c(F)c2)cc1. The van der Waals surface area contributed by atoms with Gasteiger partial charge in [-0.25, -0.2) is 9.18 Å². The molecule has 2 aromatic carbocycles. The van der Waals surface area contributed by atoms with E-state index < -0.39 is 0 Å². The van der Waals surface area contributed by atoms with E-state index in [9.17, 15) is 9.18 Å². The van der Waals surface area contributed by atoms with Gasteiger partial charge in [0.2, 0.25) is 0 Å². The second kappa shape index (κ2) is 9.44. The van der Waals surface area contributed by atoms with Gasteiger partial charge in [0.25, 0.3) is 0 Å². The minimum absolute atomic E-state index is 0.160. The number of halogens is 1. The van der Waals surface area contributed by atoms with Crippen LogP contribution in [0.5, 0.6) is 11.5 Å². The molecular weight excluding hydrogens is 357 g/mol. The number of amides is 2. The number of benzene rings is 2. The quantitative estimate of drug-likeness (QED) is 0.535. The maximum atomic E-state index is 14.3. The third-order valence-electron chi connectivity index (χ3n) is 4.12. The second-order valence-corrected chi connectivity index (χ2v) is 7.75. The summed E-state index contributed by atoms with van der Waals surface area (Å²) in [5.74, 6) is 0.592. The molecule has 5 nitrogen and oxygen atoms in total. The summed E-state index contributed by atoms with van der Waals surface area (Å²) in [7, 11) is 0. The van der Waals surface area contributed by atoms with Gasteiger partial charge in [-0.3, -0.25) is 0 Å². The number of carbonyl (C=O) groups is 1. The van der Waals surface area contributed by atoms with Crippen molar-refractivity contribution in [3.05, 3.63) is 48.3 Å². The van der Waals surface area contributed by atoms with Crippen LogP contribution in [-0.4, -0.2) is 17.6 Å². The van der Waals surface area contributed by atoms with E-state index in [1.165, 1.54) is 6.07 Å². The number of rotatable bonds is 7. The van der Waals surface area contributed by atoms with Gasteiger partial charge in [-0.15, -0.1) is 0 Å². The van der Waals surface area contributed by atoms with Crippen LogP contribution in [0.3, 0.4) is 0 Å². The van der Waals surface area contributed by atoms with Crippen molar-refractivity contribution in [3.8, 4) is 11.5 Å². The predicted molar refractivity (Wildman–Crippen MR) is 113 cm³/mol. The zero-order chi connectivity index (χ0) is 20.7. The smallest absolute Gasteiger partial charge is 0.319 e. The Morgan fingerprint density at radius 2 is 1.64 bits per heavy atom. The first kappa shape index (κ1) is 21.5. The first-order valence-corrected chi connectivity index (χ1v) is 9.63. The Hall–Kier alpha value is -2.76. The van der Waals surface area contributed by atoms with Crippen molar-refractivity contribution in [2.45, 2.75) is 59.0 Å². The molecule has 0 bridgehead atoms. The van der Waals surface area contributed by atoms with Crippen molar-refractivity contribution in [2.24, 2.45) is 0 Å². The Labute approximate surface area is 166 Å². The minimum Gasteiger partial charge on any atom is -0.457 e. The fourth-order valence-electron chi connectivity index (χ4n) is 2.65. The van der Waals surface area contributed by atoms with Gasteiger partial charge in [-0.2, -0.15) is 0 Å². The van der Waals surface area contributed by atoms with E-state index in [1.807, 2.05) is 34.6 Å². The van der Waals surface area contributed by atoms with E-state index in [0.29, 0.717) is 22.9 Å². The molecule has 0 aliphatic heterocycles. The molecule has 2 rings (SSSR count). The molecular formula is C22H30FN3O2. The Balaban J connectivity index is 1.97. The van der Waals surface area contributed by atoms with E-state index in [4.69, 9.17) is 4.74 Å². The maximum Gasteiger partial charge on any atom is 0.319 e. The van der Waals surface area contributed by atoms with Gasteiger partial charge in [0.15, 0.2) is 0 Å². The molecule has 28 heavy (non-hydrogen) atoms. The monoisotopic (exact) mass is 387 g/mol. The molecule has 0 atom stereocenters. The molecule has 0 aromatic heterocycles. The van der Waals surface area contributed by atoms with E-state index in [0.717, 1.165) is 12.8 Å². The molecule has 0 spiro atoms. The van der Waals surface area contributed by atoms with Crippen LogP contribution in [0, 0.1) is 5.82 Å². The number of carbonyl (C=O) groups excluding carboxylic acids is 1. The first-order valence-electron chi connectivity index (χ1n) is 9.63. The lowest BCUT2D eigenvalue weighted by atomic mass is 10.1. The van der Waals surface area contributed by atoms with E-state index >= 15 is 0 Å². The van der Waals surface area contributed by atoms with E-state index in [-0.39, 0.29) is 23.4 Å². The van der Waals surface area contributed by atoms with Crippen LogP contribution in [-0.2, 0) is 0 Å². The lowest BCUT2D eigenvalue weighted by Gasteiger charge is -2.22. The second-order valence-electron chi connectivity index (χ2n) is 7.75. The van der Waals surface area contributed by atoms with E-state index in [2.05, 4.69) is 16.0 Å². The molecule has 0 heterocycles. The number of hydrogen-bond acceptors (Lipinski definition) is 3. The average molecular weight is 387 g/mol. The first-order chi connectivity index (χ1) is 13.2. The molecule has 0 saturated heterocycles. The largest absolute Gasteiger partial charge is 0.457 e. The molecule has 3 N–H and O–H groups in total. The maximum absolute atomic E-state index is 14.3. The third-order valence-corrected chi connectivity index (χ3v) is 4.12. The van der Waals surface area contributed by atoms with Crippen molar-refractivity contribution in [1.29, 1.82) is 0 Å².